The van der Waals surface area contributed by atoms with Crippen molar-refractivity contribution in [3.8, 4) is 11.5 Å². The van der Waals surface area contributed by atoms with Crippen molar-refractivity contribution in [3.63, 3.8) is 0 Å². The normalized spacial score (nSPS) is 12.4. The second-order valence-corrected chi connectivity index (χ2v) is 14.5. The van der Waals surface area contributed by atoms with Crippen LogP contribution in [0.2, 0.25) is 10.0 Å². The number of rotatable bonds is 10. The summed E-state index contributed by atoms with van der Waals surface area (Å²) in [5, 5.41) is 33.9. The highest BCUT2D eigenvalue weighted by Gasteiger charge is 2.25. The van der Waals surface area contributed by atoms with Crippen LogP contribution >= 0.6 is 31.1 Å². The number of nitrogens with one attached hydrogen (secondary N) is 1. The van der Waals surface area contributed by atoms with Gasteiger partial charge in [-0.2, -0.15) is 0 Å². The van der Waals surface area contributed by atoms with Crippen molar-refractivity contribution in [1.29, 1.82) is 0 Å². The lowest BCUT2D eigenvalue weighted by Gasteiger charge is -2.17. The number of sulfone groups is 1. The van der Waals surface area contributed by atoms with Gasteiger partial charge in [-0.25, -0.2) is 13.2 Å². The molecule has 1 atom stereocenters. The number of phenolic OH excluding ortho intramolecular Hbond substituents is 2. The number of amides is 1. The molecule has 0 saturated carbocycles. The molecule has 0 aliphatic heterocycles. The van der Waals surface area contributed by atoms with Gasteiger partial charge < -0.3 is 20.6 Å². The van der Waals surface area contributed by atoms with Crippen LogP contribution in [-0.4, -0.2) is 47.9 Å². The fourth-order valence-electron chi connectivity index (χ4n) is 4.24. The summed E-state index contributed by atoms with van der Waals surface area (Å²) in [4.78, 5) is 25.1. The lowest BCUT2D eigenvalue weighted by molar-refractivity contribution is -0.139. The number of phenols is 2. The summed E-state index contributed by atoms with van der Waals surface area (Å²) >= 11 is 12.9. The zero-order valence-corrected chi connectivity index (χ0v) is 25.8. The first-order valence-electron chi connectivity index (χ1n) is 12.7. The first kappa shape index (κ1) is 32.0. The van der Waals surface area contributed by atoms with Crippen LogP contribution < -0.4 is 15.9 Å². The minimum Gasteiger partial charge on any atom is -0.508 e. The Labute approximate surface area is 259 Å². The van der Waals surface area contributed by atoms with Crippen molar-refractivity contribution in [3.05, 3.63) is 117 Å². The van der Waals surface area contributed by atoms with Crippen LogP contribution in [0.1, 0.15) is 21.5 Å². The molecule has 0 radical (unpaired) electrons. The van der Waals surface area contributed by atoms with Crippen LogP contribution in [0.5, 0.6) is 11.5 Å². The molecule has 0 saturated heterocycles. The summed E-state index contributed by atoms with van der Waals surface area (Å²) in [6.07, 6.45) is 2.63. The third-order valence-corrected chi connectivity index (χ3v) is 10.1. The standard InChI is InChI=1S/C31H26Cl2NO7PS/c1-43(40,41)25-10-2-5-19(13-25)16-28(31(38)39)34-30(37)29-26(32)14-20(15-27(29)33)11-12-42(23-8-3-6-21(35)17-23)24-9-4-7-22(36)18-24/h2-15,17-18,28,35-36H,16H2,1H3,(H,34,37)(H,38,39)/b12-11+. The van der Waals surface area contributed by atoms with E-state index < -0.39 is 35.7 Å². The Kier molecular flexibility index (Phi) is 10.1. The summed E-state index contributed by atoms with van der Waals surface area (Å²) in [5.41, 5.74) is 0.856. The topological polar surface area (TPSA) is 141 Å². The maximum atomic E-state index is 13.1. The molecule has 12 heteroatoms. The van der Waals surface area contributed by atoms with Crippen LogP contribution in [0.4, 0.5) is 0 Å². The average molecular weight is 658 g/mol. The van der Waals surface area contributed by atoms with Gasteiger partial charge in [0.25, 0.3) is 5.91 Å². The van der Waals surface area contributed by atoms with Gasteiger partial charge in [0.2, 0.25) is 0 Å². The smallest absolute Gasteiger partial charge is 0.326 e. The van der Waals surface area contributed by atoms with Gasteiger partial charge in [0.1, 0.15) is 17.5 Å². The SMILES string of the molecule is CS(=O)(=O)c1cccc(CC(NC(=O)c2c(Cl)cc(/C=C/P(c3cccc(O)c3)c3cccc(O)c3)cc2Cl)C(=O)O)c1. The van der Waals surface area contributed by atoms with E-state index in [9.17, 15) is 33.3 Å². The summed E-state index contributed by atoms with van der Waals surface area (Å²) in [6.45, 7) is 0. The Balaban J connectivity index is 1.58. The fourth-order valence-corrected chi connectivity index (χ4v) is 7.61. The maximum Gasteiger partial charge on any atom is 0.326 e. The molecule has 4 N–H and O–H groups in total. The third-order valence-electron chi connectivity index (χ3n) is 6.29. The predicted octanol–water partition coefficient (Wildman–Crippen LogP) is 5.34. The molecular formula is C31H26Cl2NO7PS. The molecule has 222 valence electrons. The molecule has 43 heavy (non-hydrogen) atoms. The van der Waals surface area contributed by atoms with E-state index in [0.29, 0.717) is 11.1 Å². The number of benzene rings is 4. The number of hydrogen-bond donors (Lipinski definition) is 4. The van der Waals surface area contributed by atoms with Gasteiger partial charge in [0.15, 0.2) is 9.84 Å². The van der Waals surface area contributed by atoms with E-state index in [2.05, 4.69) is 5.32 Å². The number of aromatic hydroxyl groups is 2. The molecular weight excluding hydrogens is 632 g/mol. The minimum atomic E-state index is -3.50. The second kappa shape index (κ2) is 13.6. The number of aliphatic carboxylic acids is 1. The maximum absolute atomic E-state index is 13.1. The van der Waals surface area contributed by atoms with Gasteiger partial charge in [-0.05, 0) is 78.2 Å². The number of carboxylic acids is 1. The van der Waals surface area contributed by atoms with E-state index in [1.54, 1.807) is 48.5 Å². The van der Waals surface area contributed by atoms with Gasteiger partial charge in [-0.15, -0.1) is 0 Å². The number of carbonyl (C=O) groups excluding carboxylic acids is 1. The zero-order valence-electron chi connectivity index (χ0n) is 22.6. The number of hydrogen-bond acceptors (Lipinski definition) is 6. The first-order valence-corrected chi connectivity index (χ1v) is 16.7. The van der Waals surface area contributed by atoms with Gasteiger partial charge in [0.05, 0.1) is 20.5 Å². The van der Waals surface area contributed by atoms with Crippen molar-refractivity contribution in [2.24, 2.45) is 0 Å². The van der Waals surface area contributed by atoms with E-state index in [4.69, 9.17) is 23.2 Å². The Morgan fingerprint density at radius 1 is 0.884 bits per heavy atom. The van der Waals surface area contributed by atoms with Crippen LogP contribution in [0, 0.1) is 0 Å². The van der Waals surface area contributed by atoms with E-state index in [0.717, 1.165) is 16.9 Å². The Bertz CT molecular complexity index is 1760. The van der Waals surface area contributed by atoms with E-state index in [1.165, 1.54) is 30.3 Å². The van der Waals surface area contributed by atoms with Gasteiger partial charge in [0, 0.05) is 12.7 Å². The molecule has 4 rings (SSSR count). The average Bonchev–Trinajstić information content (AvgIpc) is 2.92. The molecule has 4 aromatic rings. The summed E-state index contributed by atoms with van der Waals surface area (Å²) in [5.74, 6) is -0.0345. The van der Waals surface area contributed by atoms with Crippen molar-refractivity contribution >= 4 is 69.5 Å². The van der Waals surface area contributed by atoms with Crippen LogP contribution in [0.25, 0.3) is 6.08 Å². The third kappa shape index (κ3) is 8.36. The summed E-state index contributed by atoms with van der Waals surface area (Å²) in [6, 6.07) is 21.1. The van der Waals surface area contributed by atoms with Gasteiger partial charge >= 0.3 is 5.97 Å². The fraction of sp³-hybridized carbons (Fsp3) is 0.0968. The van der Waals surface area contributed by atoms with Crippen molar-refractivity contribution in [2.75, 3.05) is 6.26 Å². The molecule has 8 nitrogen and oxygen atoms in total. The van der Waals surface area contributed by atoms with Crippen molar-refractivity contribution in [1.82, 2.24) is 5.32 Å². The second-order valence-electron chi connectivity index (χ2n) is 9.57. The van der Waals surface area contributed by atoms with Gasteiger partial charge in [-0.3, -0.25) is 4.79 Å². The summed E-state index contributed by atoms with van der Waals surface area (Å²) in [7, 11) is -4.67. The molecule has 0 fully saturated rings. The molecule has 4 aromatic carbocycles. The monoisotopic (exact) mass is 657 g/mol. The predicted molar refractivity (Wildman–Crippen MR) is 170 cm³/mol. The molecule has 0 heterocycles. The highest BCUT2D eigenvalue weighted by molar-refractivity contribution is 7.90. The number of carbonyl (C=O) groups is 2. The molecule has 0 aliphatic rings. The van der Waals surface area contributed by atoms with Crippen LogP contribution in [0.15, 0.2) is 95.6 Å². The van der Waals surface area contributed by atoms with Crippen molar-refractivity contribution < 1.29 is 33.3 Å². The molecule has 0 bridgehead atoms. The molecule has 1 unspecified atom stereocenters. The van der Waals surface area contributed by atoms with Gasteiger partial charge in [-0.1, -0.05) is 71.5 Å². The van der Waals surface area contributed by atoms with Crippen molar-refractivity contribution in [2.45, 2.75) is 17.4 Å². The Morgan fingerprint density at radius 2 is 1.44 bits per heavy atom. The number of halogens is 2. The van der Waals surface area contributed by atoms with E-state index >= 15 is 0 Å². The Hall–Kier alpha value is -3.88. The number of carboxylic acid groups (broad SMARTS) is 1. The molecule has 0 aromatic heterocycles. The van der Waals surface area contributed by atoms with E-state index in [1.807, 2.05) is 17.9 Å². The molecule has 1 amide bonds. The van der Waals surface area contributed by atoms with Crippen LogP contribution in [0.3, 0.4) is 0 Å². The van der Waals surface area contributed by atoms with Crippen LogP contribution in [-0.2, 0) is 21.1 Å². The lowest BCUT2D eigenvalue weighted by atomic mass is 10.0. The molecule has 0 spiro atoms. The lowest BCUT2D eigenvalue weighted by Crippen LogP contribution is -2.42. The highest BCUT2D eigenvalue weighted by Crippen LogP contribution is 2.38. The zero-order chi connectivity index (χ0) is 31.3. The first-order chi connectivity index (χ1) is 20.3. The summed E-state index contributed by atoms with van der Waals surface area (Å²) < 4.78 is 23.8. The Morgan fingerprint density at radius 3 is 1.95 bits per heavy atom. The molecule has 0 aliphatic carbocycles. The minimum absolute atomic E-state index is 0.00750. The quantitative estimate of drug-likeness (QED) is 0.169. The largest absolute Gasteiger partial charge is 0.508 e. The van der Waals surface area contributed by atoms with E-state index in [-0.39, 0.29) is 38.4 Å². The highest BCUT2D eigenvalue weighted by atomic mass is 35.5.